The molecule has 0 aliphatic carbocycles. The van der Waals surface area contributed by atoms with Gasteiger partial charge in [0, 0.05) is 38.1 Å². The quantitative estimate of drug-likeness (QED) is 0.582. The molecule has 0 spiro atoms. The summed E-state index contributed by atoms with van der Waals surface area (Å²) in [4.78, 5) is 21.4. The SMILES string of the molecule is Cc1ccc(C)c(N2CCN(C(=O)c3ccc(S(=O)(=O)c4ccc(C)c(C)c4)nc3)CC2)c1. The van der Waals surface area contributed by atoms with Crippen molar-refractivity contribution in [2.75, 3.05) is 31.1 Å². The number of anilines is 1. The molecule has 0 N–H and O–H groups in total. The topological polar surface area (TPSA) is 70.6 Å². The predicted octanol–water partition coefficient (Wildman–Crippen LogP) is 4.11. The van der Waals surface area contributed by atoms with Crippen LogP contribution in [0.2, 0.25) is 0 Å². The second kappa shape index (κ2) is 8.98. The Labute approximate surface area is 195 Å². The first-order chi connectivity index (χ1) is 15.7. The Hall–Kier alpha value is -3.19. The first-order valence-electron chi connectivity index (χ1n) is 11.1. The van der Waals surface area contributed by atoms with E-state index in [2.05, 4.69) is 41.9 Å². The second-order valence-electron chi connectivity index (χ2n) is 8.70. The minimum absolute atomic E-state index is 0.0537. The molecule has 0 unspecified atom stereocenters. The summed E-state index contributed by atoms with van der Waals surface area (Å²) in [5.41, 5.74) is 5.99. The monoisotopic (exact) mass is 463 g/mol. The molecule has 2 heterocycles. The highest BCUT2D eigenvalue weighted by molar-refractivity contribution is 7.91. The molecule has 0 atom stereocenters. The summed E-state index contributed by atoms with van der Waals surface area (Å²) in [7, 11) is -3.73. The van der Waals surface area contributed by atoms with E-state index < -0.39 is 9.84 Å². The van der Waals surface area contributed by atoms with Crippen LogP contribution in [0.15, 0.2) is 64.6 Å². The number of benzene rings is 2. The van der Waals surface area contributed by atoms with Crippen molar-refractivity contribution in [3.63, 3.8) is 0 Å². The fraction of sp³-hybridized carbons (Fsp3) is 0.308. The molecule has 4 rings (SSSR count). The molecule has 6 nitrogen and oxygen atoms in total. The summed E-state index contributed by atoms with van der Waals surface area (Å²) >= 11 is 0. The molecular weight excluding hydrogens is 434 g/mol. The Balaban J connectivity index is 1.46. The van der Waals surface area contributed by atoms with Gasteiger partial charge in [0.05, 0.1) is 10.5 Å². The highest BCUT2D eigenvalue weighted by Gasteiger charge is 2.25. The van der Waals surface area contributed by atoms with E-state index in [1.807, 2.05) is 13.8 Å². The lowest BCUT2D eigenvalue weighted by atomic mass is 10.1. The Morgan fingerprint density at radius 3 is 2.15 bits per heavy atom. The normalized spacial score (nSPS) is 14.4. The summed E-state index contributed by atoms with van der Waals surface area (Å²) in [5, 5.41) is -0.0537. The van der Waals surface area contributed by atoms with Gasteiger partial charge in [-0.3, -0.25) is 4.79 Å². The first kappa shape index (κ1) is 23.0. The summed E-state index contributed by atoms with van der Waals surface area (Å²) in [6.45, 7) is 10.7. The molecule has 172 valence electrons. The van der Waals surface area contributed by atoms with Gasteiger partial charge in [-0.25, -0.2) is 13.4 Å². The van der Waals surface area contributed by atoms with Crippen molar-refractivity contribution in [3.8, 4) is 0 Å². The minimum atomic E-state index is -3.73. The van der Waals surface area contributed by atoms with E-state index in [-0.39, 0.29) is 15.8 Å². The number of aromatic nitrogens is 1. The van der Waals surface area contributed by atoms with Crippen LogP contribution < -0.4 is 4.90 Å². The van der Waals surface area contributed by atoms with E-state index in [0.29, 0.717) is 18.7 Å². The van der Waals surface area contributed by atoms with Crippen LogP contribution in [0.3, 0.4) is 0 Å². The zero-order valence-corrected chi connectivity index (χ0v) is 20.3. The Morgan fingerprint density at radius 2 is 1.52 bits per heavy atom. The first-order valence-corrected chi connectivity index (χ1v) is 12.5. The van der Waals surface area contributed by atoms with Gasteiger partial charge in [0.2, 0.25) is 9.84 Å². The van der Waals surface area contributed by atoms with Gasteiger partial charge in [0.1, 0.15) is 0 Å². The molecule has 1 aliphatic heterocycles. The number of rotatable bonds is 4. The van der Waals surface area contributed by atoms with Gasteiger partial charge in [0.25, 0.3) is 5.91 Å². The number of hydrogen-bond acceptors (Lipinski definition) is 5. The van der Waals surface area contributed by atoms with Gasteiger partial charge in [0.15, 0.2) is 5.03 Å². The smallest absolute Gasteiger partial charge is 0.255 e. The van der Waals surface area contributed by atoms with E-state index in [1.165, 1.54) is 29.1 Å². The number of carbonyl (C=O) groups is 1. The maximum absolute atomic E-state index is 13.0. The van der Waals surface area contributed by atoms with Crippen molar-refractivity contribution in [1.29, 1.82) is 0 Å². The van der Waals surface area contributed by atoms with Crippen LogP contribution in [0.1, 0.15) is 32.6 Å². The van der Waals surface area contributed by atoms with Gasteiger partial charge in [-0.1, -0.05) is 18.2 Å². The fourth-order valence-corrected chi connectivity index (χ4v) is 5.32. The maximum atomic E-state index is 13.0. The van der Waals surface area contributed by atoms with Crippen molar-refractivity contribution in [1.82, 2.24) is 9.88 Å². The van der Waals surface area contributed by atoms with Crippen molar-refractivity contribution in [2.24, 2.45) is 0 Å². The Kier molecular flexibility index (Phi) is 6.26. The number of amides is 1. The van der Waals surface area contributed by atoms with Crippen LogP contribution in [0, 0.1) is 27.7 Å². The average Bonchev–Trinajstić information content (AvgIpc) is 2.82. The molecule has 2 aromatic carbocycles. The largest absolute Gasteiger partial charge is 0.368 e. The molecule has 0 radical (unpaired) electrons. The average molecular weight is 464 g/mol. The summed E-state index contributed by atoms with van der Waals surface area (Å²) in [6.07, 6.45) is 1.37. The fourth-order valence-electron chi connectivity index (χ4n) is 4.06. The lowest BCUT2D eigenvalue weighted by Gasteiger charge is -2.37. The number of sulfone groups is 1. The van der Waals surface area contributed by atoms with Crippen LogP contribution >= 0.6 is 0 Å². The number of piperazine rings is 1. The molecule has 7 heteroatoms. The van der Waals surface area contributed by atoms with Gasteiger partial charge in [-0.05, 0) is 80.3 Å². The van der Waals surface area contributed by atoms with Crippen LogP contribution in [-0.2, 0) is 9.84 Å². The molecule has 0 saturated carbocycles. The number of hydrogen-bond donors (Lipinski definition) is 0. The highest BCUT2D eigenvalue weighted by Crippen LogP contribution is 2.24. The third-order valence-electron chi connectivity index (χ3n) is 6.32. The number of nitrogens with zero attached hydrogens (tertiary/aromatic N) is 3. The molecule has 1 saturated heterocycles. The Bertz CT molecular complexity index is 1290. The van der Waals surface area contributed by atoms with Crippen LogP contribution in [0.5, 0.6) is 0 Å². The molecular formula is C26H29N3O3S. The zero-order chi connectivity index (χ0) is 23.8. The van der Waals surface area contributed by atoms with Crippen LogP contribution in [-0.4, -0.2) is 50.4 Å². The van der Waals surface area contributed by atoms with Gasteiger partial charge in [-0.2, -0.15) is 0 Å². The molecule has 33 heavy (non-hydrogen) atoms. The van der Waals surface area contributed by atoms with E-state index in [9.17, 15) is 13.2 Å². The van der Waals surface area contributed by atoms with E-state index in [1.54, 1.807) is 29.2 Å². The second-order valence-corrected chi connectivity index (χ2v) is 10.6. The lowest BCUT2D eigenvalue weighted by molar-refractivity contribution is 0.0746. The van der Waals surface area contributed by atoms with Crippen molar-refractivity contribution >= 4 is 21.4 Å². The van der Waals surface area contributed by atoms with Crippen molar-refractivity contribution < 1.29 is 13.2 Å². The molecule has 1 aromatic heterocycles. The van der Waals surface area contributed by atoms with Gasteiger partial charge in [-0.15, -0.1) is 0 Å². The summed E-state index contributed by atoms with van der Waals surface area (Å²) < 4.78 is 25.9. The molecule has 3 aromatic rings. The van der Waals surface area contributed by atoms with Gasteiger partial charge < -0.3 is 9.80 Å². The van der Waals surface area contributed by atoms with Gasteiger partial charge >= 0.3 is 0 Å². The van der Waals surface area contributed by atoms with Crippen LogP contribution in [0.25, 0.3) is 0 Å². The van der Waals surface area contributed by atoms with Crippen molar-refractivity contribution in [2.45, 2.75) is 37.6 Å². The number of aryl methyl sites for hydroxylation is 4. The standard InChI is InChI=1S/C26H29N3O3S/c1-18-5-6-20(3)24(15-18)28-11-13-29(14-12-28)26(30)22-8-10-25(27-17-22)33(31,32)23-9-7-19(2)21(4)16-23/h5-10,15-17H,11-14H2,1-4H3. The number of pyridine rings is 1. The predicted molar refractivity (Wildman–Crippen MR) is 130 cm³/mol. The van der Waals surface area contributed by atoms with E-state index in [0.717, 1.165) is 24.2 Å². The minimum Gasteiger partial charge on any atom is -0.368 e. The summed E-state index contributed by atoms with van der Waals surface area (Å²) in [5.74, 6) is -0.127. The molecule has 0 bridgehead atoms. The zero-order valence-electron chi connectivity index (χ0n) is 19.5. The van der Waals surface area contributed by atoms with Crippen molar-refractivity contribution in [3.05, 3.63) is 82.5 Å². The third-order valence-corrected chi connectivity index (χ3v) is 7.99. The molecule has 1 amide bonds. The van der Waals surface area contributed by atoms with E-state index >= 15 is 0 Å². The number of carbonyl (C=O) groups excluding carboxylic acids is 1. The van der Waals surface area contributed by atoms with E-state index in [4.69, 9.17) is 0 Å². The summed E-state index contributed by atoms with van der Waals surface area (Å²) in [6, 6.07) is 14.4. The third kappa shape index (κ3) is 4.64. The lowest BCUT2D eigenvalue weighted by Crippen LogP contribution is -2.49. The maximum Gasteiger partial charge on any atom is 0.255 e. The van der Waals surface area contributed by atoms with Crippen LogP contribution in [0.4, 0.5) is 5.69 Å². The Morgan fingerprint density at radius 1 is 0.818 bits per heavy atom. The molecule has 1 fully saturated rings. The molecule has 1 aliphatic rings. The highest BCUT2D eigenvalue weighted by atomic mass is 32.2.